The fourth-order valence-electron chi connectivity index (χ4n) is 4.89. The number of aliphatic hydroxyl groups is 1. The maximum absolute atomic E-state index is 13.1. The van der Waals surface area contributed by atoms with E-state index in [4.69, 9.17) is 24.1 Å². The van der Waals surface area contributed by atoms with Crippen LogP contribution in [0.15, 0.2) is 18.2 Å². The minimum absolute atomic E-state index is 0.0643. The number of aliphatic hydroxyl groups excluding tert-OH is 1. The predicted octanol–water partition coefficient (Wildman–Crippen LogP) is 3.86. The lowest BCUT2D eigenvalue weighted by Crippen LogP contribution is -2.48. The molecule has 0 radical (unpaired) electrons. The maximum atomic E-state index is 13.1. The molecule has 8 heteroatoms. The lowest BCUT2D eigenvalue weighted by molar-refractivity contribution is -0.143. The van der Waals surface area contributed by atoms with E-state index in [0.717, 1.165) is 29.7 Å². The van der Waals surface area contributed by atoms with E-state index < -0.39 is 5.60 Å². The minimum Gasteiger partial charge on any atom is -0.496 e. The third kappa shape index (κ3) is 6.63. The van der Waals surface area contributed by atoms with Crippen molar-refractivity contribution in [2.75, 3.05) is 20.3 Å². The lowest BCUT2D eigenvalue weighted by Gasteiger charge is -2.33. The van der Waals surface area contributed by atoms with Gasteiger partial charge in [0.05, 0.1) is 19.8 Å². The summed E-state index contributed by atoms with van der Waals surface area (Å²) in [5.74, 6) is 0.748. The molecular formula is C26H39NO7. The number of likely N-dealkylation sites (tertiary alicyclic amines) is 1. The van der Waals surface area contributed by atoms with Crippen LogP contribution in [-0.2, 0) is 32.0 Å². The van der Waals surface area contributed by atoms with Gasteiger partial charge in [-0.3, -0.25) is 9.69 Å². The standard InChI is InChI=1S/C26H39NO7/c1-17-19(13-18-7-8-22(31-5)20(14-18)16-32-12-6-11-28)15-21(23-9-10-24(29)33-23)27(17)25(30)34-26(2,3)4/h7-8,14,17,19,21,23,28H,6,9-13,15-16H2,1-5H3/t17?,19-,21-,23-/m0/s1. The summed E-state index contributed by atoms with van der Waals surface area (Å²) in [6, 6.07) is 5.82. The van der Waals surface area contributed by atoms with E-state index in [2.05, 4.69) is 6.07 Å². The molecule has 1 N–H and O–H groups in total. The van der Waals surface area contributed by atoms with Gasteiger partial charge < -0.3 is 24.1 Å². The van der Waals surface area contributed by atoms with Crippen LogP contribution in [0.25, 0.3) is 0 Å². The third-order valence-corrected chi connectivity index (χ3v) is 6.52. The van der Waals surface area contributed by atoms with Crippen molar-refractivity contribution in [1.82, 2.24) is 4.90 Å². The topological polar surface area (TPSA) is 94.5 Å². The van der Waals surface area contributed by atoms with Crippen LogP contribution in [-0.4, -0.2) is 66.2 Å². The molecule has 0 bridgehead atoms. The fourth-order valence-corrected chi connectivity index (χ4v) is 4.89. The number of cyclic esters (lactones) is 1. The van der Waals surface area contributed by atoms with E-state index in [1.54, 1.807) is 12.0 Å². The van der Waals surface area contributed by atoms with Crippen molar-refractivity contribution in [3.8, 4) is 5.75 Å². The van der Waals surface area contributed by atoms with Crippen LogP contribution in [0.3, 0.4) is 0 Å². The Hall–Kier alpha value is -2.32. The van der Waals surface area contributed by atoms with Crippen LogP contribution in [0.4, 0.5) is 4.79 Å². The van der Waals surface area contributed by atoms with Gasteiger partial charge in [-0.15, -0.1) is 0 Å². The Labute approximate surface area is 202 Å². The first-order valence-electron chi connectivity index (χ1n) is 12.2. The van der Waals surface area contributed by atoms with Gasteiger partial charge in [-0.25, -0.2) is 4.79 Å². The van der Waals surface area contributed by atoms with Crippen LogP contribution in [0.2, 0.25) is 0 Å². The molecule has 8 nitrogen and oxygen atoms in total. The zero-order valence-corrected chi connectivity index (χ0v) is 21.0. The van der Waals surface area contributed by atoms with Gasteiger partial charge in [-0.05, 0) is 77.0 Å². The Kier molecular flexibility index (Phi) is 8.82. The first-order valence-corrected chi connectivity index (χ1v) is 12.2. The summed E-state index contributed by atoms with van der Waals surface area (Å²) in [5.41, 5.74) is 1.48. The fraction of sp³-hybridized carbons (Fsp3) is 0.692. The van der Waals surface area contributed by atoms with Gasteiger partial charge in [0.2, 0.25) is 0 Å². The van der Waals surface area contributed by atoms with Crippen molar-refractivity contribution >= 4 is 12.1 Å². The van der Waals surface area contributed by atoms with Gasteiger partial charge in [0.25, 0.3) is 0 Å². The number of ether oxygens (including phenoxy) is 4. The van der Waals surface area contributed by atoms with Crippen LogP contribution in [0.5, 0.6) is 5.75 Å². The number of methoxy groups -OCH3 is 1. The van der Waals surface area contributed by atoms with Gasteiger partial charge >= 0.3 is 12.1 Å². The molecule has 2 fully saturated rings. The number of carbonyl (C=O) groups is 2. The third-order valence-electron chi connectivity index (χ3n) is 6.52. The first-order chi connectivity index (χ1) is 16.1. The summed E-state index contributed by atoms with van der Waals surface area (Å²) in [5, 5.41) is 8.96. The van der Waals surface area contributed by atoms with Gasteiger partial charge in [-0.2, -0.15) is 0 Å². The SMILES string of the molecule is COc1ccc(C[C@H]2C[C@@H]([C@@H]3CCC(=O)O3)N(C(=O)OC(C)(C)C)C2C)cc1COCCCO. The summed E-state index contributed by atoms with van der Waals surface area (Å²) in [4.78, 5) is 26.7. The summed E-state index contributed by atoms with van der Waals surface area (Å²) >= 11 is 0. The summed E-state index contributed by atoms with van der Waals surface area (Å²) in [6.45, 7) is 8.61. The number of esters is 1. The predicted molar refractivity (Wildman–Crippen MR) is 127 cm³/mol. The molecule has 190 valence electrons. The molecule has 1 aromatic rings. The van der Waals surface area contributed by atoms with E-state index in [9.17, 15) is 9.59 Å². The minimum atomic E-state index is -0.604. The number of hydrogen-bond acceptors (Lipinski definition) is 7. The molecule has 3 rings (SSSR count). The molecule has 0 spiro atoms. The lowest BCUT2D eigenvalue weighted by atomic mass is 9.90. The average Bonchev–Trinajstić information content (AvgIpc) is 3.33. The quantitative estimate of drug-likeness (QED) is 0.426. The molecular weight excluding hydrogens is 438 g/mol. The largest absolute Gasteiger partial charge is 0.496 e. The zero-order chi connectivity index (χ0) is 24.9. The molecule has 0 aromatic heterocycles. The van der Waals surface area contributed by atoms with E-state index in [1.165, 1.54) is 0 Å². The number of nitrogens with zero attached hydrogens (tertiary/aromatic N) is 1. The van der Waals surface area contributed by atoms with Crippen molar-refractivity contribution in [3.05, 3.63) is 29.3 Å². The van der Waals surface area contributed by atoms with Crippen molar-refractivity contribution in [2.45, 2.75) is 90.2 Å². The summed E-state index contributed by atoms with van der Waals surface area (Å²) < 4.78 is 22.5. The van der Waals surface area contributed by atoms with E-state index in [-0.39, 0.29) is 42.8 Å². The molecule has 2 heterocycles. The van der Waals surface area contributed by atoms with Crippen LogP contribution >= 0.6 is 0 Å². The molecule has 1 unspecified atom stereocenters. The summed E-state index contributed by atoms with van der Waals surface area (Å²) in [7, 11) is 1.64. The Morgan fingerprint density at radius 3 is 2.68 bits per heavy atom. The Morgan fingerprint density at radius 1 is 1.29 bits per heavy atom. The summed E-state index contributed by atoms with van der Waals surface area (Å²) in [6.07, 6.45) is 2.47. The van der Waals surface area contributed by atoms with Crippen molar-refractivity contribution < 1.29 is 33.6 Å². The number of carbonyl (C=O) groups excluding carboxylic acids is 2. The van der Waals surface area contributed by atoms with Crippen LogP contribution < -0.4 is 4.74 Å². The van der Waals surface area contributed by atoms with Gasteiger partial charge in [0, 0.05) is 31.2 Å². The van der Waals surface area contributed by atoms with Gasteiger partial charge in [0.1, 0.15) is 17.5 Å². The second-order valence-corrected chi connectivity index (χ2v) is 10.2. The van der Waals surface area contributed by atoms with Crippen LogP contribution in [0.1, 0.15) is 64.5 Å². The first kappa shape index (κ1) is 26.3. The monoisotopic (exact) mass is 477 g/mol. The van der Waals surface area contributed by atoms with E-state index in [0.29, 0.717) is 32.5 Å². The normalized spacial score (nSPS) is 24.9. The maximum Gasteiger partial charge on any atom is 0.410 e. The smallest absolute Gasteiger partial charge is 0.410 e. The molecule has 1 aromatic carbocycles. The average molecular weight is 478 g/mol. The number of rotatable bonds is 9. The molecule has 0 aliphatic carbocycles. The van der Waals surface area contributed by atoms with E-state index in [1.807, 2.05) is 39.8 Å². The Morgan fingerprint density at radius 2 is 2.06 bits per heavy atom. The highest BCUT2D eigenvalue weighted by Crippen LogP contribution is 2.39. The molecule has 2 saturated heterocycles. The molecule has 0 saturated carbocycles. The highest BCUT2D eigenvalue weighted by molar-refractivity contribution is 5.73. The molecule has 2 aliphatic heterocycles. The van der Waals surface area contributed by atoms with Crippen LogP contribution in [0, 0.1) is 5.92 Å². The second kappa shape index (κ2) is 11.4. The zero-order valence-electron chi connectivity index (χ0n) is 21.0. The highest BCUT2D eigenvalue weighted by Gasteiger charge is 2.48. The van der Waals surface area contributed by atoms with E-state index >= 15 is 0 Å². The highest BCUT2D eigenvalue weighted by atomic mass is 16.6. The van der Waals surface area contributed by atoms with Gasteiger partial charge in [0.15, 0.2) is 0 Å². The number of benzene rings is 1. The Bertz CT molecular complexity index is 850. The molecule has 1 amide bonds. The Balaban J connectivity index is 1.77. The number of hydrogen-bond donors (Lipinski definition) is 1. The van der Waals surface area contributed by atoms with Crippen molar-refractivity contribution in [3.63, 3.8) is 0 Å². The van der Waals surface area contributed by atoms with Crippen molar-refractivity contribution in [2.24, 2.45) is 5.92 Å². The van der Waals surface area contributed by atoms with Crippen molar-refractivity contribution in [1.29, 1.82) is 0 Å². The molecule has 2 aliphatic rings. The molecule has 34 heavy (non-hydrogen) atoms. The second-order valence-electron chi connectivity index (χ2n) is 10.2. The number of amides is 1. The molecule has 4 atom stereocenters. The van der Waals surface area contributed by atoms with Gasteiger partial charge in [-0.1, -0.05) is 6.07 Å².